The van der Waals surface area contributed by atoms with E-state index in [0.29, 0.717) is 26.9 Å². The lowest BCUT2D eigenvalue weighted by Crippen LogP contribution is -2.49. The van der Waals surface area contributed by atoms with Gasteiger partial charge in [0, 0.05) is 22.9 Å². The fourth-order valence-electron chi connectivity index (χ4n) is 3.88. The highest BCUT2D eigenvalue weighted by molar-refractivity contribution is 7.10. The second-order valence-electron chi connectivity index (χ2n) is 7.53. The van der Waals surface area contributed by atoms with Gasteiger partial charge in [0.2, 0.25) is 5.67 Å². The molecule has 1 aromatic heterocycles. The summed E-state index contributed by atoms with van der Waals surface area (Å²) in [5.41, 5.74) is -3.32. The Morgan fingerprint density at radius 1 is 1.00 bits per heavy atom. The summed E-state index contributed by atoms with van der Waals surface area (Å²) in [6, 6.07) is 13.1. The number of aliphatic carboxylic acids is 2. The monoisotopic (exact) mass is 491 g/mol. The van der Waals surface area contributed by atoms with Gasteiger partial charge in [-0.25, -0.2) is 14.2 Å². The lowest BCUT2D eigenvalue weighted by atomic mass is 9.67. The molecule has 0 bridgehead atoms. The van der Waals surface area contributed by atoms with E-state index in [1.165, 1.54) is 6.08 Å². The summed E-state index contributed by atoms with van der Waals surface area (Å²) in [7, 11) is 0. The van der Waals surface area contributed by atoms with E-state index in [1.807, 2.05) is 0 Å². The molecule has 0 radical (unpaired) electrons. The molecular weight excluding hydrogens is 476 g/mol. The number of carboxylic acids is 2. The molecular formula is C23H16Cl2FNO4S. The fourth-order valence-corrected chi connectivity index (χ4v) is 5.20. The standard InChI is InChI=1S/C23H16Cl2FNO4S/c24-16-7-6-14(10-17(16)25)18-11-32-19(27-18)22(20(28)29)9-8-15(13-4-2-1-3-5-13)23(26,12-22)21(30)31/h1-8,10-11H,9,12H2,(H,28,29)(H,30,31). The van der Waals surface area contributed by atoms with Crippen LogP contribution in [0.4, 0.5) is 4.39 Å². The number of benzene rings is 2. The summed E-state index contributed by atoms with van der Waals surface area (Å²) in [6.07, 6.45) is 0.487. The summed E-state index contributed by atoms with van der Waals surface area (Å²) >= 11 is 13.1. The first-order valence-electron chi connectivity index (χ1n) is 9.50. The molecule has 0 spiro atoms. The lowest BCUT2D eigenvalue weighted by molar-refractivity contribution is -0.152. The quantitative estimate of drug-likeness (QED) is 0.449. The Hall–Kier alpha value is -2.74. The average Bonchev–Trinajstić information content (AvgIpc) is 3.26. The molecule has 2 aromatic carbocycles. The number of rotatable bonds is 5. The summed E-state index contributed by atoms with van der Waals surface area (Å²) in [4.78, 5) is 28.9. The number of alkyl halides is 1. The minimum absolute atomic E-state index is 0.0521. The van der Waals surface area contributed by atoms with Crippen LogP contribution in [0.25, 0.3) is 16.8 Å². The SMILES string of the molecule is O=C(O)C1(F)CC(C(=O)O)(c2nc(-c3ccc(Cl)c(Cl)c3)cs2)CC=C1c1ccccc1. The van der Waals surface area contributed by atoms with Crippen LogP contribution in [0.1, 0.15) is 23.4 Å². The zero-order valence-corrected chi connectivity index (χ0v) is 18.7. The molecule has 1 heterocycles. The molecule has 9 heteroatoms. The maximum Gasteiger partial charge on any atom is 0.346 e. The largest absolute Gasteiger partial charge is 0.480 e. The summed E-state index contributed by atoms with van der Waals surface area (Å²) in [5.74, 6) is -3.07. The number of hydrogen-bond donors (Lipinski definition) is 2. The first-order valence-corrected chi connectivity index (χ1v) is 11.1. The molecule has 4 rings (SSSR count). The number of carboxylic acid groups (broad SMARTS) is 2. The smallest absolute Gasteiger partial charge is 0.346 e. The van der Waals surface area contributed by atoms with Crippen molar-refractivity contribution >= 4 is 52.1 Å². The maximum absolute atomic E-state index is 16.0. The molecule has 5 nitrogen and oxygen atoms in total. The first kappa shape index (κ1) is 22.5. The van der Waals surface area contributed by atoms with Crippen molar-refractivity contribution in [3.63, 3.8) is 0 Å². The fraction of sp³-hybridized carbons (Fsp3) is 0.174. The van der Waals surface area contributed by atoms with Crippen LogP contribution in [0.3, 0.4) is 0 Å². The van der Waals surface area contributed by atoms with E-state index < -0.39 is 29.4 Å². The minimum atomic E-state index is -2.90. The number of nitrogens with zero attached hydrogens (tertiary/aromatic N) is 1. The first-order chi connectivity index (χ1) is 15.2. The van der Waals surface area contributed by atoms with Crippen LogP contribution in [0.5, 0.6) is 0 Å². The van der Waals surface area contributed by atoms with Crippen LogP contribution in [-0.4, -0.2) is 32.8 Å². The van der Waals surface area contributed by atoms with Gasteiger partial charge in [0.05, 0.1) is 15.7 Å². The lowest BCUT2D eigenvalue weighted by Gasteiger charge is -2.38. The van der Waals surface area contributed by atoms with Gasteiger partial charge in [0.1, 0.15) is 10.4 Å². The topological polar surface area (TPSA) is 87.5 Å². The number of thiazole rings is 1. The van der Waals surface area contributed by atoms with Crippen molar-refractivity contribution in [2.45, 2.75) is 23.9 Å². The van der Waals surface area contributed by atoms with Crippen LogP contribution in [0.2, 0.25) is 10.0 Å². The van der Waals surface area contributed by atoms with Crippen LogP contribution in [0.15, 0.2) is 60.0 Å². The van der Waals surface area contributed by atoms with Gasteiger partial charge in [0.25, 0.3) is 0 Å². The highest BCUT2D eigenvalue weighted by atomic mass is 35.5. The Labute approximate surface area is 196 Å². The molecule has 1 aliphatic carbocycles. The van der Waals surface area contributed by atoms with Crippen molar-refractivity contribution in [3.05, 3.63) is 80.6 Å². The molecule has 0 fully saturated rings. The summed E-state index contributed by atoms with van der Waals surface area (Å²) in [5, 5.41) is 22.3. The van der Waals surface area contributed by atoms with E-state index in [-0.39, 0.29) is 17.0 Å². The molecule has 0 aliphatic heterocycles. The Kier molecular flexibility index (Phi) is 5.83. The van der Waals surface area contributed by atoms with E-state index in [4.69, 9.17) is 23.2 Å². The number of halogens is 3. The second-order valence-corrected chi connectivity index (χ2v) is 9.20. The molecule has 2 unspecified atom stereocenters. The van der Waals surface area contributed by atoms with Crippen molar-refractivity contribution < 1.29 is 24.2 Å². The van der Waals surface area contributed by atoms with E-state index in [1.54, 1.807) is 53.9 Å². The summed E-state index contributed by atoms with van der Waals surface area (Å²) < 4.78 is 16.0. The predicted molar refractivity (Wildman–Crippen MR) is 122 cm³/mol. The van der Waals surface area contributed by atoms with Crippen LogP contribution in [0, 0.1) is 0 Å². The van der Waals surface area contributed by atoms with E-state index in [9.17, 15) is 19.8 Å². The Balaban J connectivity index is 1.81. The maximum atomic E-state index is 16.0. The average molecular weight is 492 g/mol. The normalized spacial score (nSPS) is 22.9. The van der Waals surface area contributed by atoms with Crippen molar-refractivity contribution in [2.24, 2.45) is 0 Å². The third kappa shape index (κ3) is 3.70. The van der Waals surface area contributed by atoms with Gasteiger partial charge in [0.15, 0.2) is 0 Å². The predicted octanol–water partition coefficient (Wildman–Crippen LogP) is 6.11. The van der Waals surface area contributed by atoms with Crippen LogP contribution >= 0.6 is 34.5 Å². The van der Waals surface area contributed by atoms with Gasteiger partial charge < -0.3 is 10.2 Å². The van der Waals surface area contributed by atoms with Gasteiger partial charge in [-0.15, -0.1) is 11.3 Å². The molecule has 0 amide bonds. The van der Waals surface area contributed by atoms with E-state index in [0.717, 1.165) is 11.3 Å². The van der Waals surface area contributed by atoms with Gasteiger partial charge in [-0.3, -0.25) is 4.79 Å². The Bertz CT molecular complexity index is 1250. The zero-order chi connectivity index (χ0) is 23.1. The molecule has 1 aliphatic rings. The molecule has 2 N–H and O–H groups in total. The molecule has 2 atom stereocenters. The number of carbonyl (C=O) groups is 2. The van der Waals surface area contributed by atoms with Crippen molar-refractivity contribution in [3.8, 4) is 11.3 Å². The Morgan fingerprint density at radius 2 is 1.72 bits per heavy atom. The Morgan fingerprint density at radius 3 is 2.34 bits per heavy atom. The summed E-state index contributed by atoms with van der Waals surface area (Å²) in [6.45, 7) is 0. The van der Waals surface area contributed by atoms with Crippen LogP contribution < -0.4 is 0 Å². The zero-order valence-electron chi connectivity index (χ0n) is 16.4. The van der Waals surface area contributed by atoms with Crippen molar-refractivity contribution in [1.82, 2.24) is 4.98 Å². The number of aromatic nitrogens is 1. The van der Waals surface area contributed by atoms with Gasteiger partial charge in [-0.1, -0.05) is 65.7 Å². The van der Waals surface area contributed by atoms with E-state index in [2.05, 4.69) is 4.98 Å². The number of allylic oxidation sites excluding steroid dienone is 1. The number of hydrogen-bond acceptors (Lipinski definition) is 4. The third-order valence-electron chi connectivity index (χ3n) is 5.59. The molecule has 32 heavy (non-hydrogen) atoms. The van der Waals surface area contributed by atoms with Gasteiger partial charge in [-0.2, -0.15) is 0 Å². The van der Waals surface area contributed by atoms with Gasteiger partial charge in [-0.05, 0) is 24.1 Å². The minimum Gasteiger partial charge on any atom is -0.480 e. The molecule has 0 saturated carbocycles. The second kappa shape index (κ2) is 8.31. The third-order valence-corrected chi connectivity index (χ3v) is 7.37. The molecule has 0 saturated heterocycles. The van der Waals surface area contributed by atoms with E-state index >= 15 is 4.39 Å². The van der Waals surface area contributed by atoms with Crippen molar-refractivity contribution in [2.75, 3.05) is 0 Å². The van der Waals surface area contributed by atoms with Crippen molar-refractivity contribution in [1.29, 1.82) is 0 Å². The molecule has 3 aromatic rings. The van der Waals surface area contributed by atoms with Gasteiger partial charge >= 0.3 is 11.9 Å². The molecule has 164 valence electrons. The highest BCUT2D eigenvalue weighted by Gasteiger charge is 2.57. The highest BCUT2D eigenvalue weighted by Crippen LogP contribution is 2.50. The van der Waals surface area contributed by atoms with Crippen LogP contribution in [-0.2, 0) is 15.0 Å².